The van der Waals surface area contributed by atoms with Crippen LogP contribution >= 0.6 is 22.9 Å². The zero-order valence-corrected chi connectivity index (χ0v) is 8.46. The molecule has 0 aliphatic rings. The van der Waals surface area contributed by atoms with Crippen LogP contribution in [-0.2, 0) is 4.74 Å². The van der Waals surface area contributed by atoms with E-state index in [4.69, 9.17) is 16.3 Å². The maximum absolute atomic E-state index is 11.2. The Morgan fingerprint density at radius 1 is 1.75 bits per heavy atom. The zero-order chi connectivity index (χ0) is 9.14. The smallest absolute Gasteiger partial charge is 0.339 e. The summed E-state index contributed by atoms with van der Waals surface area (Å²) in [6.45, 7) is 4.02. The van der Waals surface area contributed by atoms with Gasteiger partial charge in [0.2, 0.25) is 0 Å². The lowest BCUT2D eigenvalue weighted by atomic mass is 10.3. The molecule has 0 spiro atoms. The molecule has 0 radical (unpaired) electrons. The van der Waals surface area contributed by atoms with Crippen molar-refractivity contribution >= 4 is 28.9 Å². The third-order valence-corrected chi connectivity index (χ3v) is 2.56. The summed E-state index contributed by atoms with van der Waals surface area (Å²) in [6.07, 6.45) is 0. The fraction of sp³-hybridized carbons (Fsp3) is 0.375. The van der Waals surface area contributed by atoms with Crippen LogP contribution in [0.2, 0.25) is 4.34 Å². The molecule has 0 unspecified atom stereocenters. The number of halogens is 1. The van der Waals surface area contributed by atoms with Gasteiger partial charge in [0.1, 0.15) is 0 Å². The third-order valence-electron chi connectivity index (χ3n) is 1.38. The summed E-state index contributed by atoms with van der Waals surface area (Å²) >= 11 is 7.11. The minimum Gasteiger partial charge on any atom is -0.462 e. The van der Waals surface area contributed by atoms with Gasteiger partial charge in [0, 0.05) is 4.88 Å². The van der Waals surface area contributed by atoms with Gasteiger partial charge in [0.25, 0.3) is 0 Å². The number of carbonyl (C=O) groups is 1. The molecule has 1 heterocycles. The lowest BCUT2D eigenvalue weighted by Gasteiger charge is -1.98. The fourth-order valence-corrected chi connectivity index (χ4v) is 2.04. The topological polar surface area (TPSA) is 26.3 Å². The highest BCUT2D eigenvalue weighted by atomic mass is 35.5. The van der Waals surface area contributed by atoms with Crippen molar-refractivity contribution in [2.45, 2.75) is 13.8 Å². The molecule has 4 heteroatoms. The van der Waals surface area contributed by atoms with E-state index in [1.165, 1.54) is 11.3 Å². The minimum absolute atomic E-state index is 0.293. The van der Waals surface area contributed by atoms with Gasteiger partial charge in [-0.3, -0.25) is 0 Å². The second kappa shape index (κ2) is 3.92. The lowest BCUT2D eigenvalue weighted by Crippen LogP contribution is -2.04. The summed E-state index contributed by atoms with van der Waals surface area (Å²) in [5, 5.41) is 0. The molecule has 0 aliphatic carbocycles. The highest BCUT2D eigenvalue weighted by Crippen LogP contribution is 2.26. The van der Waals surface area contributed by atoms with Gasteiger partial charge in [-0.05, 0) is 19.9 Å². The molecule has 0 saturated carbocycles. The first-order valence-corrected chi connectivity index (χ1v) is 4.77. The maximum atomic E-state index is 11.2. The summed E-state index contributed by atoms with van der Waals surface area (Å²) in [5.74, 6) is -0.293. The van der Waals surface area contributed by atoms with Gasteiger partial charge < -0.3 is 4.74 Å². The average Bonchev–Trinajstić information content (AvgIpc) is 2.30. The average molecular weight is 205 g/mol. The van der Waals surface area contributed by atoms with Crippen LogP contribution in [-0.4, -0.2) is 12.6 Å². The number of hydrogen-bond acceptors (Lipinski definition) is 3. The zero-order valence-electron chi connectivity index (χ0n) is 6.89. The molecule has 0 amide bonds. The Balaban J connectivity index is 2.87. The number of ether oxygens (including phenoxy) is 1. The largest absolute Gasteiger partial charge is 0.462 e. The van der Waals surface area contributed by atoms with Crippen molar-refractivity contribution in [3.05, 3.63) is 20.8 Å². The van der Waals surface area contributed by atoms with Gasteiger partial charge in [-0.1, -0.05) is 11.6 Å². The Hall–Kier alpha value is -0.540. The number of carbonyl (C=O) groups excluding carboxylic acids is 1. The van der Waals surface area contributed by atoms with E-state index in [0.717, 1.165) is 4.88 Å². The van der Waals surface area contributed by atoms with Crippen LogP contribution in [0, 0.1) is 6.92 Å². The fourth-order valence-electron chi connectivity index (χ4n) is 0.857. The maximum Gasteiger partial charge on any atom is 0.339 e. The van der Waals surface area contributed by atoms with E-state index in [9.17, 15) is 4.79 Å². The molecule has 0 aliphatic heterocycles. The monoisotopic (exact) mass is 204 g/mol. The van der Waals surface area contributed by atoms with E-state index in [-0.39, 0.29) is 5.97 Å². The van der Waals surface area contributed by atoms with Crippen molar-refractivity contribution in [1.82, 2.24) is 0 Å². The summed E-state index contributed by atoms with van der Waals surface area (Å²) in [5.41, 5.74) is 0.576. The number of aryl methyl sites for hydroxylation is 1. The Morgan fingerprint density at radius 2 is 2.42 bits per heavy atom. The molecular formula is C8H9ClO2S. The van der Waals surface area contributed by atoms with E-state index in [0.29, 0.717) is 16.5 Å². The molecule has 0 N–H and O–H groups in total. The van der Waals surface area contributed by atoms with E-state index in [1.807, 2.05) is 6.92 Å². The standard InChI is InChI=1S/C8H9ClO2S/c1-3-11-8(10)6-4-7(9)12-5(6)2/h4H,3H2,1-2H3. The van der Waals surface area contributed by atoms with Crippen LogP contribution in [0.25, 0.3) is 0 Å². The van der Waals surface area contributed by atoms with E-state index >= 15 is 0 Å². The molecule has 1 rings (SSSR count). The first-order chi connectivity index (χ1) is 5.65. The van der Waals surface area contributed by atoms with Crippen LogP contribution < -0.4 is 0 Å². The molecule has 2 nitrogen and oxygen atoms in total. The van der Waals surface area contributed by atoms with E-state index in [1.54, 1.807) is 13.0 Å². The van der Waals surface area contributed by atoms with Gasteiger partial charge in [-0.2, -0.15) is 0 Å². The Morgan fingerprint density at radius 3 is 2.83 bits per heavy atom. The third kappa shape index (κ3) is 1.99. The number of thiophene rings is 1. The quantitative estimate of drug-likeness (QED) is 0.693. The number of hydrogen-bond donors (Lipinski definition) is 0. The van der Waals surface area contributed by atoms with Gasteiger partial charge in [0.05, 0.1) is 16.5 Å². The van der Waals surface area contributed by atoms with E-state index in [2.05, 4.69) is 0 Å². The van der Waals surface area contributed by atoms with Crippen LogP contribution in [0.5, 0.6) is 0 Å². The predicted octanol–water partition coefficient (Wildman–Crippen LogP) is 2.89. The van der Waals surface area contributed by atoms with Gasteiger partial charge in [0.15, 0.2) is 0 Å². The second-order valence-corrected chi connectivity index (χ2v) is 4.13. The first-order valence-electron chi connectivity index (χ1n) is 3.58. The van der Waals surface area contributed by atoms with Gasteiger partial charge in [-0.15, -0.1) is 11.3 Å². The number of esters is 1. The van der Waals surface area contributed by atoms with E-state index < -0.39 is 0 Å². The van der Waals surface area contributed by atoms with Gasteiger partial charge in [-0.25, -0.2) is 4.79 Å². The van der Waals surface area contributed by atoms with Gasteiger partial charge >= 0.3 is 5.97 Å². The van der Waals surface area contributed by atoms with Crippen molar-refractivity contribution in [2.75, 3.05) is 6.61 Å². The molecular weight excluding hydrogens is 196 g/mol. The van der Waals surface area contributed by atoms with Crippen molar-refractivity contribution in [3.63, 3.8) is 0 Å². The summed E-state index contributed by atoms with van der Waals surface area (Å²) in [4.78, 5) is 12.1. The Bertz CT molecular complexity index is 293. The van der Waals surface area contributed by atoms with Crippen LogP contribution in [0.1, 0.15) is 22.2 Å². The van der Waals surface area contributed by atoms with Crippen LogP contribution in [0.3, 0.4) is 0 Å². The number of rotatable bonds is 2. The molecule has 66 valence electrons. The highest BCUT2D eigenvalue weighted by molar-refractivity contribution is 7.16. The lowest BCUT2D eigenvalue weighted by molar-refractivity contribution is 0.0526. The second-order valence-electron chi connectivity index (χ2n) is 2.24. The molecule has 0 fully saturated rings. The predicted molar refractivity (Wildman–Crippen MR) is 50.0 cm³/mol. The molecule has 1 aromatic heterocycles. The minimum atomic E-state index is -0.293. The Kier molecular flexibility index (Phi) is 3.12. The molecule has 0 saturated heterocycles. The molecule has 0 bridgehead atoms. The van der Waals surface area contributed by atoms with Crippen LogP contribution in [0.4, 0.5) is 0 Å². The molecule has 1 aromatic rings. The van der Waals surface area contributed by atoms with Crippen LogP contribution in [0.15, 0.2) is 6.07 Å². The van der Waals surface area contributed by atoms with Crippen molar-refractivity contribution in [2.24, 2.45) is 0 Å². The molecule has 12 heavy (non-hydrogen) atoms. The molecule has 0 aromatic carbocycles. The van der Waals surface area contributed by atoms with Crippen molar-refractivity contribution in [3.8, 4) is 0 Å². The first kappa shape index (κ1) is 9.55. The van der Waals surface area contributed by atoms with Crippen molar-refractivity contribution in [1.29, 1.82) is 0 Å². The summed E-state index contributed by atoms with van der Waals surface area (Å²) in [6, 6.07) is 1.64. The summed E-state index contributed by atoms with van der Waals surface area (Å²) in [7, 11) is 0. The van der Waals surface area contributed by atoms with Crippen molar-refractivity contribution < 1.29 is 9.53 Å². The highest BCUT2D eigenvalue weighted by Gasteiger charge is 2.12. The summed E-state index contributed by atoms with van der Waals surface area (Å²) < 4.78 is 5.45. The molecule has 0 atom stereocenters. The normalized spacial score (nSPS) is 9.92. The Labute approximate surface area is 80.1 Å². The SMILES string of the molecule is CCOC(=O)c1cc(Cl)sc1C.